The minimum Gasteiger partial charge on any atom is -0.355 e. The number of hydrogen-bond acceptors (Lipinski definition) is 4. The number of nitrogens with one attached hydrogen (secondary N) is 1. The van der Waals surface area contributed by atoms with Crippen molar-refractivity contribution in [3.8, 4) is 0 Å². The van der Waals surface area contributed by atoms with Crippen LogP contribution in [0.4, 0.5) is 5.69 Å². The molecule has 0 aromatic heterocycles. The second-order valence-corrected chi connectivity index (χ2v) is 12.2. The van der Waals surface area contributed by atoms with E-state index in [1.807, 2.05) is 31.2 Å². The molecule has 38 heavy (non-hydrogen) atoms. The number of anilines is 1. The van der Waals surface area contributed by atoms with E-state index in [9.17, 15) is 18.0 Å². The first kappa shape index (κ1) is 30.0. The monoisotopic (exact) mass is 639 g/mol. The van der Waals surface area contributed by atoms with Crippen LogP contribution in [0.3, 0.4) is 0 Å². The molecule has 0 heterocycles. The predicted octanol–water partition coefficient (Wildman–Crippen LogP) is 5.81. The highest BCUT2D eigenvalue weighted by Crippen LogP contribution is 2.31. The van der Waals surface area contributed by atoms with Gasteiger partial charge in [0.25, 0.3) is 10.0 Å². The van der Waals surface area contributed by atoms with Crippen molar-refractivity contribution in [2.45, 2.75) is 38.3 Å². The third-order valence-electron chi connectivity index (χ3n) is 5.86. The lowest BCUT2D eigenvalue weighted by Crippen LogP contribution is -2.51. The maximum absolute atomic E-state index is 13.8. The summed E-state index contributed by atoms with van der Waals surface area (Å²) in [7, 11) is -4.19. The van der Waals surface area contributed by atoms with Crippen LogP contribution in [0.2, 0.25) is 10.0 Å². The third kappa shape index (κ3) is 7.28. The van der Waals surface area contributed by atoms with Crippen LogP contribution in [0.15, 0.2) is 76.1 Å². The molecule has 0 saturated carbocycles. The maximum atomic E-state index is 13.8. The van der Waals surface area contributed by atoms with Gasteiger partial charge in [0.1, 0.15) is 12.6 Å². The summed E-state index contributed by atoms with van der Waals surface area (Å²) < 4.78 is 29.4. The van der Waals surface area contributed by atoms with Gasteiger partial charge >= 0.3 is 0 Å². The first-order chi connectivity index (χ1) is 17.9. The van der Waals surface area contributed by atoms with Crippen molar-refractivity contribution in [1.29, 1.82) is 0 Å². The number of sulfonamides is 1. The molecule has 0 saturated heterocycles. The summed E-state index contributed by atoms with van der Waals surface area (Å²) in [6, 6.07) is 17.1. The van der Waals surface area contributed by atoms with E-state index in [-0.39, 0.29) is 33.1 Å². The van der Waals surface area contributed by atoms with Crippen LogP contribution in [-0.4, -0.2) is 44.3 Å². The number of likely N-dealkylation sites (N-methyl/N-ethyl adjacent to an activating group) is 1. The van der Waals surface area contributed by atoms with E-state index >= 15 is 0 Å². The Kier molecular flexibility index (Phi) is 10.2. The molecule has 0 bridgehead atoms. The summed E-state index contributed by atoms with van der Waals surface area (Å²) in [4.78, 5) is 27.9. The second-order valence-electron chi connectivity index (χ2n) is 8.64. The van der Waals surface area contributed by atoms with Gasteiger partial charge in [-0.3, -0.25) is 13.9 Å². The molecule has 0 aliphatic carbocycles. The molecule has 202 valence electrons. The topological polar surface area (TPSA) is 86.8 Å². The van der Waals surface area contributed by atoms with Gasteiger partial charge in [0.2, 0.25) is 11.8 Å². The third-order valence-corrected chi connectivity index (χ3v) is 8.92. The second kappa shape index (κ2) is 13.0. The SMILES string of the molecule is CCNC(=O)[C@@H](C)N(Cc1ccc(Br)cc1)C(=O)CN(c1ccc(Cl)c(Cl)c1)S(=O)(=O)c1ccc(C)cc1. The van der Waals surface area contributed by atoms with Gasteiger partial charge in [-0.1, -0.05) is 69.0 Å². The highest BCUT2D eigenvalue weighted by Gasteiger charge is 2.32. The number of halogens is 3. The molecule has 2 amide bonds. The Labute approximate surface area is 241 Å². The summed E-state index contributed by atoms with van der Waals surface area (Å²) in [5.74, 6) is -0.908. The van der Waals surface area contributed by atoms with E-state index in [4.69, 9.17) is 23.2 Å². The molecule has 3 aromatic rings. The number of carbonyl (C=O) groups excluding carboxylic acids is 2. The fraction of sp³-hybridized carbons (Fsp3) is 0.259. The van der Waals surface area contributed by atoms with Crippen molar-refractivity contribution in [2.24, 2.45) is 0 Å². The molecule has 0 aliphatic heterocycles. The minimum absolute atomic E-state index is 0.0122. The number of nitrogens with zero attached hydrogens (tertiary/aromatic N) is 2. The van der Waals surface area contributed by atoms with Crippen molar-refractivity contribution in [2.75, 3.05) is 17.4 Å². The lowest BCUT2D eigenvalue weighted by molar-refractivity contribution is -0.139. The van der Waals surface area contributed by atoms with Gasteiger partial charge < -0.3 is 10.2 Å². The zero-order valence-corrected chi connectivity index (χ0v) is 25.0. The molecule has 1 N–H and O–H groups in total. The maximum Gasteiger partial charge on any atom is 0.264 e. The van der Waals surface area contributed by atoms with Gasteiger partial charge in [-0.2, -0.15) is 0 Å². The summed E-state index contributed by atoms with van der Waals surface area (Å²) >= 11 is 15.7. The number of benzene rings is 3. The van der Waals surface area contributed by atoms with Gasteiger partial charge in [-0.15, -0.1) is 0 Å². The van der Waals surface area contributed by atoms with Crippen molar-refractivity contribution in [3.05, 3.63) is 92.4 Å². The number of aryl methyl sites for hydroxylation is 1. The van der Waals surface area contributed by atoms with Crippen molar-refractivity contribution < 1.29 is 18.0 Å². The van der Waals surface area contributed by atoms with Crippen LogP contribution >= 0.6 is 39.1 Å². The number of rotatable bonds is 10. The van der Waals surface area contributed by atoms with Gasteiger partial charge in [-0.25, -0.2) is 8.42 Å². The molecular formula is C27H28BrCl2N3O4S. The predicted molar refractivity (Wildman–Crippen MR) is 155 cm³/mol. The van der Waals surface area contributed by atoms with Gasteiger partial charge in [0.05, 0.1) is 20.6 Å². The molecule has 3 rings (SSSR count). The largest absolute Gasteiger partial charge is 0.355 e. The van der Waals surface area contributed by atoms with Gasteiger partial charge in [-0.05, 0) is 68.8 Å². The molecule has 0 fully saturated rings. The fourth-order valence-electron chi connectivity index (χ4n) is 3.70. The quantitative estimate of drug-likeness (QED) is 0.303. The average molecular weight is 641 g/mol. The summed E-state index contributed by atoms with van der Waals surface area (Å²) in [5, 5.41) is 3.12. The van der Waals surface area contributed by atoms with E-state index in [1.54, 1.807) is 26.0 Å². The first-order valence-electron chi connectivity index (χ1n) is 11.8. The summed E-state index contributed by atoms with van der Waals surface area (Å²) in [5.41, 5.74) is 1.83. The Morgan fingerprint density at radius 1 is 0.974 bits per heavy atom. The molecule has 11 heteroatoms. The Morgan fingerprint density at radius 3 is 2.18 bits per heavy atom. The van der Waals surface area contributed by atoms with Crippen LogP contribution in [0.25, 0.3) is 0 Å². The molecule has 0 aliphatic rings. The number of carbonyl (C=O) groups is 2. The van der Waals surface area contributed by atoms with Crippen LogP contribution in [0, 0.1) is 6.92 Å². The molecular weight excluding hydrogens is 613 g/mol. The van der Waals surface area contributed by atoms with Crippen LogP contribution in [0.1, 0.15) is 25.0 Å². The number of amides is 2. The smallest absolute Gasteiger partial charge is 0.264 e. The summed E-state index contributed by atoms with van der Waals surface area (Å²) in [6.07, 6.45) is 0. The van der Waals surface area contributed by atoms with Crippen molar-refractivity contribution in [3.63, 3.8) is 0 Å². The van der Waals surface area contributed by atoms with E-state index in [2.05, 4.69) is 21.2 Å². The standard InChI is InChI=1S/C27H28BrCl2N3O4S/c1-4-31-27(35)19(3)32(16-20-7-9-21(28)10-8-20)26(34)17-33(22-11-14-24(29)25(30)15-22)38(36,37)23-12-5-18(2)6-13-23/h5-15,19H,4,16-17H2,1-3H3,(H,31,35)/t19-/m1/s1. The lowest BCUT2D eigenvalue weighted by Gasteiger charge is -2.32. The Hall–Kier alpha value is -2.59. The Morgan fingerprint density at radius 2 is 1.61 bits per heavy atom. The molecule has 0 radical (unpaired) electrons. The van der Waals surface area contributed by atoms with Crippen LogP contribution in [-0.2, 0) is 26.2 Å². The fourth-order valence-corrected chi connectivity index (χ4v) is 5.66. The zero-order chi connectivity index (χ0) is 28.0. The average Bonchev–Trinajstić information content (AvgIpc) is 2.88. The van der Waals surface area contributed by atoms with Crippen LogP contribution < -0.4 is 9.62 Å². The molecule has 0 spiro atoms. The van der Waals surface area contributed by atoms with E-state index in [0.29, 0.717) is 6.54 Å². The molecule has 3 aromatic carbocycles. The Bertz CT molecular complexity index is 1400. The van der Waals surface area contributed by atoms with E-state index in [1.165, 1.54) is 35.2 Å². The van der Waals surface area contributed by atoms with Gasteiger partial charge in [0, 0.05) is 17.6 Å². The van der Waals surface area contributed by atoms with Crippen molar-refractivity contribution in [1.82, 2.24) is 10.2 Å². The highest BCUT2D eigenvalue weighted by atomic mass is 79.9. The van der Waals surface area contributed by atoms with E-state index < -0.39 is 28.5 Å². The number of hydrogen-bond donors (Lipinski definition) is 1. The lowest BCUT2D eigenvalue weighted by atomic mass is 10.1. The van der Waals surface area contributed by atoms with Crippen LogP contribution in [0.5, 0.6) is 0 Å². The summed E-state index contributed by atoms with van der Waals surface area (Å²) in [6.45, 7) is 5.17. The zero-order valence-electron chi connectivity index (χ0n) is 21.1. The first-order valence-corrected chi connectivity index (χ1v) is 14.8. The molecule has 1 atom stereocenters. The molecule has 7 nitrogen and oxygen atoms in total. The van der Waals surface area contributed by atoms with E-state index in [0.717, 1.165) is 19.9 Å². The molecule has 0 unspecified atom stereocenters. The minimum atomic E-state index is -4.19. The van der Waals surface area contributed by atoms with Gasteiger partial charge in [0.15, 0.2) is 0 Å². The highest BCUT2D eigenvalue weighted by molar-refractivity contribution is 9.10. The Balaban J connectivity index is 2.05. The van der Waals surface area contributed by atoms with Crippen molar-refractivity contribution >= 4 is 66.7 Å². The normalized spacial score (nSPS) is 12.1.